The lowest BCUT2D eigenvalue weighted by molar-refractivity contribution is -0.167. The molecule has 0 fully saturated rings. The van der Waals surface area contributed by atoms with Crippen LogP contribution in [0.5, 0.6) is 0 Å². The summed E-state index contributed by atoms with van der Waals surface area (Å²) < 4.78 is 16.8. The first-order valence-electron chi connectivity index (χ1n) is 25.8. The SMILES string of the molecule is CCCC/C=C\C/C=C\CCCCCCCC(=O)O[C@H](COC(=O)CCCCCCC/C=C\CCCCC)COC(=O)CCCCCCCCC/C=C\C/C=C\CCCCC. The molecule has 0 N–H and O–H groups in total. The van der Waals surface area contributed by atoms with E-state index in [0.717, 1.165) is 103 Å². The molecule has 0 aliphatic carbocycles. The van der Waals surface area contributed by atoms with Crippen molar-refractivity contribution in [3.8, 4) is 0 Å². The third-order valence-corrected chi connectivity index (χ3v) is 11.0. The van der Waals surface area contributed by atoms with E-state index in [4.69, 9.17) is 14.2 Å². The van der Waals surface area contributed by atoms with E-state index in [1.165, 1.54) is 109 Å². The lowest BCUT2D eigenvalue weighted by Gasteiger charge is -2.18. The molecule has 0 bridgehead atoms. The summed E-state index contributed by atoms with van der Waals surface area (Å²) in [5, 5.41) is 0. The maximum absolute atomic E-state index is 12.8. The molecular weight excluding hydrogens is 757 g/mol. The van der Waals surface area contributed by atoms with Gasteiger partial charge in [0.05, 0.1) is 0 Å². The molecule has 0 saturated carbocycles. The van der Waals surface area contributed by atoms with Crippen LogP contribution in [0, 0.1) is 0 Å². The van der Waals surface area contributed by atoms with E-state index in [1.54, 1.807) is 0 Å². The fourth-order valence-corrected chi connectivity index (χ4v) is 7.01. The van der Waals surface area contributed by atoms with E-state index in [1.807, 2.05) is 0 Å². The second-order valence-electron chi connectivity index (χ2n) is 17.1. The van der Waals surface area contributed by atoms with Gasteiger partial charge in [0.25, 0.3) is 0 Å². The average molecular weight is 853 g/mol. The standard InChI is InChI=1S/C55H96O6/c1-4-7-10-13-16-19-22-25-27-28-29-31-33-36-39-42-45-48-54(57)60-51-52(50-59-53(56)47-44-41-38-35-32-24-21-18-15-12-9-6-3)61-55(58)49-46-43-40-37-34-30-26-23-20-17-14-11-8-5-2/h14,16-19,21,23,25-27,52H,4-13,15,20,22,24,28-51H2,1-3H3/b17-14-,19-16-,21-18-,26-23-,27-25-/t52-/m1/s1. The maximum atomic E-state index is 12.8. The Hall–Kier alpha value is -2.89. The van der Waals surface area contributed by atoms with E-state index < -0.39 is 6.10 Å². The number of hydrogen-bond acceptors (Lipinski definition) is 6. The normalized spacial score (nSPS) is 12.5. The molecule has 1 atom stereocenters. The van der Waals surface area contributed by atoms with Crippen molar-refractivity contribution < 1.29 is 28.6 Å². The lowest BCUT2D eigenvalue weighted by Crippen LogP contribution is -2.30. The minimum Gasteiger partial charge on any atom is -0.462 e. The van der Waals surface area contributed by atoms with Gasteiger partial charge in [-0.15, -0.1) is 0 Å². The molecule has 352 valence electrons. The van der Waals surface area contributed by atoms with Crippen LogP contribution in [0.3, 0.4) is 0 Å². The smallest absolute Gasteiger partial charge is 0.306 e. The van der Waals surface area contributed by atoms with Crippen LogP contribution in [0.25, 0.3) is 0 Å². The molecule has 61 heavy (non-hydrogen) atoms. The van der Waals surface area contributed by atoms with Crippen LogP contribution in [0.1, 0.15) is 252 Å². The zero-order valence-corrected chi connectivity index (χ0v) is 40.2. The highest BCUT2D eigenvalue weighted by atomic mass is 16.6. The van der Waals surface area contributed by atoms with Crippen molar-refractivity contribution >= 4 is 17.9 Å². The molecule has 0 aromatic carbocycles. The molecule has 0 saturated heterocycles. The summed E-state index contributed by atoms with van der Waals surface area (Å²) in [7, 11) is 0. The number of carbonyl (C=O) groups excluding carboxylic acids is 3. The second kappa shape index (κ2) is 49.8. The third-order valence-electron chi connectivity index (χ3n) is 11.0. The number of ether oxygens (including phenoxy) is 3. The van der Waals surface area contributed by atoms with Crippen LogP contribution in [0.2, 0.25) is 0 Å². The topological polar surface area (TPSA) is 78.9 Å². The van der Waals surface area contributed by atoms with Crippen LogP contribution in [-0.4, -0.2) is 37.2 Å². The van der Waals surface area contributed by atoms with Crippen molar-refractivity contribution in [3.05, 3.63) is 60.8 Å². The summed E-state index contributed by atoms with van der Waals surface area (Å²) in [5.74, 6) is -0.914. The van der Waals surface area contributed by atoms with E-state index >= 15 is 0 Å². The molecule has 0 unspecified atom stereocenters. The highest BCUT2D eigenvalue weighted by Gasteiger charge is 2.19. The van der Waals surface area contributed by atoms with Crippen molar-refractivity contribution in [1.29, 1.82) is 0 Å². The van der Waals surface area contributed by atoms with Gasteiger partial charge in [-0.05, 0) is 103 Å². The highest BCUT2D eigenvalue weighted by molar-refractivity contribution is 5.71. The Kier molecular flexibility index (Phi) is 47.4. The van der Waals surface area contributed by atoms with Gasteiger partial charge < -0.3 is 14.2 Å². The number of hydrogen-bond donors (Lipinski definition) is 0. The minimum absolute atomic E-state index is 0.0867. The highest BCUT2D eigenvalue weighted by Crippen LogP contribution is 2.14. The first-order valence-corrected chi connectivity index (χ1v) is 25.8. The molecular formula is C55H96O6. The minimum atomic E-state index is -0.787. The van der Waals surface area contributed by atoms with Gasteiger partial charge in [-0.25, -0.2) is 0 Å². The maximum Gasteiger partial charge on any atom is 0.306 e. The molecule has 0 amide bonds. The van der Waals surface area contributed by atoms with Crippen LogP contribution in [0.15, 0.2) is 60.8 Å². The van der Waals surface area contributed by atoms with E-state index in [-0.39, 0.29) is 31.1 Å². The number of rotatable bonds is 46. The summed E-state index contributed by atoms with van der Waals surface area (Å²) in [6.07, 6.45) is 60.5. The summed E-state index contributed by atoms with van der Waals surface area (Å²) in [6.45, 7) is 6.52. The van der Waals surface area contributed by atoms with E-state index in [2.05, 4.69) is 81.5 Å². The third kappa shape index (κ3) is 48.0. The molecule has 0 aliphatic rings. The quantitative estimate of drug-likeness (QED) is 0.0263. The van der Waals surface area contributed by atoms with Gasteiger partial charge >= 0.3 is 17.9 Å². The van der Waals surface area contributed by atoms with Gasteiger partial charge in [0.2, 0.25) is 0 Å². The van der Waals surface area contributed by atoms with Crippen LogP contribution >= 0.6 is 0 Å². The number of unbranched alkanes of at least 4 members (excludes halogenated alkanes) is 25. The van der Waals surface area contributed by atoms with Crippen molar-refractivity contribution in [1.82, 2.24) is 0 Å². The zero-order chi connectivity index (χ0) is 44.4. The Labute approximate surface area is 377 Å². The molecule has 0 radical (unpaired) electrons. The first-order chi connectivity index (χ1) is 30.0. The van der Waals surface area contributed by atoms with Crippen molar-refractivity contribution in [2.24, 2.45) is 0 Å². The van der Waals surface area contributed by atoms with Crippen LogP contribution in [0.4, 0.5) is 0 Å². The first kappa shape index (κ1) is 58.1. The Morgan fingerprint density at radius 3 is 0.967 bits per heavy atom. The van der Waals surface area contributed by atoms with Gasteiger partial charge in [-0.2, -0.15) is 0 Å². The summed E-state index contributed by atoms with van der Waals surface area (Å²) in [4.78, 5) is 37.9. The van der Waals surface area contributed by atoms with Crippen molar-refractivity contribution in [2.75, 3.05) is 13.2 Å². The van der Waals surface area contributed by atoms with E-state index in [0.29, 0.717) is 19.3 Å². The molecule has 0 rings (SSSR count). The van der Waals surface area contributed by atoms with Crippen LogP contribution in [-0.2, 0) is 28.6 Å². The summed E-state index contributed by atoms with van der Waals surface area (Å²) >= 11 is 0. The van der Waals surface area contributed by atoms with Crippen molar-refractivity contribution in [2.45, 2.75) is 258 Å². The predicted molar refractivity (Wildman–Crippen MR) is 261 cm³/mol. The lowest BCUT2D eigenvalue weighted by atomic mass is 10.1. The average Bonchev–Trinajstić information content (AvgIpc) is 3.26. The molecule has 0 aromatic heterocycles. The molecule has 6 heteroatoms. The van der Waals surface area contributed by atoms with Crippen LogP contribution < -0.4 is 0 Å². The van der Waals surface area contributed by atoms with Gasteiger partial charge in [0.1, 0.15) is 13.2 Å². The predicted octanol–water partition coefficient (Wildman–Crippen LogP) is 16.9. The van der Waals surface area contributed by atoms with Gasteiger partial charge in [-0.1, -0.05) is 191 Å². The van der Waals surface area contributed by atoms with Gasteiger partial charge in [0, 0.05) is 19.3 Å². The largest absolute Gasteiger partial charge is 0.462 e. The number of esters is 3. The Bertz CT molecular complexity index is 1120. The molecule has 0 heterocycles. The number of allylic oxidation sites excluding steroid dienone is 10. The second-order valence-corrected chi connectivity index (χ2v) is 17.1. The summed E-state index contributed by atoms with van der Waals surface area (Å²) in [5.41, 5.74) is 0. The fraction of sp³-hybridized carbons (Fsp3) is 0.764. The molecule has 0 aromatic rings. The summed E-state index contributed by atoms with van der Waals surface area (Å²) in [6, 6.07) is 0. The van der Waals surface area contributed by atoms with Gasteiger partial charge in [-0.3, -0.25) is 14.4 Å². The molecule has 6 nitrogen and oxygen atoms in total. The Morgan fingerprint density at radius 2 is 0.607 bits per heavy atom. The molecule has 0 aliphatic heterocycles. The Balaban J connectivity index is 4.40. The Morgan fingerprint density at radius 1 is 0.328 bits per heavy atom. The molecule has 0 spiro atoms. The fourth-order valence-electron chi connectivity index (χ4n) is 7.01. The van der Waals surface area contributed by atoms with E-state index in [9.17, 15) is 14.4 Å². The number of carbonyl (C=O) groups is 3. The van der Waals surface area contributed by atoms with Crippen molar-refractivity contribution in [3.63, 3.8) is 0 Å². The zero-order valence-electron chi connectivity index (χ0n) is 40.2. The monoisotopic (exact) mass is 853 g/mol. The van der Waals surface area contributed by atoms with Gasteiger partial charge in [0.15, 0.2) is 6.10 Å².